The number of sulfonamides is 1. The Morgan fingerprint density at radius 3 is 2.67 bits per heavy atom. The summed E-state index contributed by atoms with van der Waals surface area (Å²) in [6, 6.07) is 8.24. The van der Waals surface area contributed by atoms with E-state index in [1.165, 1.54) is 22.6 Å². The fraction of sp³-hybridized carbons (Fsp3) is 0.231. The molecule has 8 heteroatoms. The van der Waals surface area contributed by atoms with Crippen LogP contribution in [-0.2, 0) is 16.6 Å². The summed E-state index contributed by atoms with van der Waals surface area (Å²) in [6.07, 6.45) is 3.04. The molecule has 0 amide bonds. The van der Waals surface area contributed by atoms with E-state index in [9.17, 15) is 8.42 Å². The molecular formula is C13H17N5O2S. The molecule has 2 rings (SSSR count). The lowest BCUT2D eigenvalue weighted by atomic mass is 10.3. The van der Waals surface area contributed by atoms with Crippen molar-refractivity contribution in [1.82, 2.24) is 14.3 Å². The molecule has 0 radical (unpaired) electrons. The molecule has 0 aromatic carbocycles. The SMILES string of the molecule is CCN(Cc1ccccn1)S(=O)(=O)c1ccnc(NN)c1. The number of anilines is 1. The molecule has 0 bridgehead atoms. The van der Waals surface area contributed by atoms with Crippen LogP contribution < -0.4 is 11.3 Å². The van der Waals surface area contributed by atoms with E-state index in [1.54, 1.807) is 25.3 Å². The molecule has 0 saturated carbocycles. The number of nitrogens with one attached hydrogen (secondary N) is 1. The summed E-state index contributed by atoms with van der Waals surface area (Å²) in [5, 5.41) is 0. The number of hydrogen-bond donors (Lipinski definition) is 2. The minimum Gasteiger partial charge on any atom is -0.308 e. The first-order valence-corrected chi connectivity index (χ1v) is 7.84. The Hall–Kier alpha value is -2.03. The second kappa shape index (κ2) is 6.61. The molecule has 0 aliphatic heterocycles. The van der Waals surface area contributed by atoms with Gasteiger partial charge in [0.25, 0.3) is 0 Å². The Labute approximate surface area is 123 Å². The zero-order chi connectivity index (χ0) is 15.3. The zero-order valence-corrected chi connectivity index (χ0v) is 12.4. The number of hydrazine groups is 1. The van der Waals surface area contributed by atoms with Crippen molar-refractivity contribution in [2.45, 2.75) is 18.4 Å². The second-order valence-corrected chi connectivity index (χ2v) is 6.21. The zero-order valence-electron chi connectivity index (χ0n) is 11.6. The van der Waals surface area contributed by atoms with Gasteiger partial charge in [-0.2, -0.15) is 4.31 Å². The van der Waals surface area contributed by atoms with Gasteiger partial charge in [0.1, 0.15) is 5.82 Å². The number of hydrogen-bond acceptors (Lipinski definition) is 6. The second-order valence-electron chi connectivity index (χ2n) is 4.27. The Bertz CT molecular complexity index is 691. The smallest absolute Gasteiger partial charge is 0.243 e. The van der Waals surface area contributed by atoms with Crippen molar-refractivity contribution in [3.63, 3.8) is 0 Å². The van der Waals surface area contributed by atoms with Gasteiger partial charge in [-0.1, -0.05) is 13.0 Å². The van der Waals surface area contributed by atoms with Crippen LogP contribution in [0, 0.1) is 0 Å². The number of nitrogens with two attached hydrogens (primary N) is 1. The van der Waals surface area contributed by atoms with Crippen molar-refractivity contribution in [2.75, 3.05) is 12.0 Å². The third kappa shape index (κ3) is 3.54. The first kappa shape index (κ1) is 15.4. The van der Waals surface area contributed by atoms with E-state index in [4.69, 9.17) is 5.84 Å². The van der Waals surface area contributed by atoms with Crippen LogP contribution in [0.1, 0.15) is 12.6 Å². The maximum atomic E-state index is 12.6. The molecule has 0 saturated heterocycles. The molecule has 0 unspecified atom stereocenters. The summed E-state index contributed by atoms with van der Waals surface area (Å²) >= 11 is 0. The van der Waals surface area contributed by atoms with Crippen molar-refractivity contribution < 1.29 is 8.42 Å². The van der Waals surface area contributed by atoms with Crippen LogP contribution in [0.2, 0.25) is 0 Å². The average Bonchev–Trinajstić information content (AvgIpc) is 2.53. The van der Waals surface area contributed by atoms with Crippen molar-refractivity contribution in [3.8, 4) is 0 Å². The minimum atomic E-state index is -3.62. The molecular weight excluding hydrogens is 290 g/mol. The topological polar surface area (TPSA) is 101 Å². The van der Waals surface area contributed by atoms with Gasteiger partial charge in [-0.25, -0.2) is 19.2 Å². The number of rotatable bonds is 6. The Morgan fingerprint density at radius 2 is 2.05 bits per heavy atom. The number of nitrogen functional groups attached to an aromatic ring is 1. The number of nitrogens with zero attached hydrogens (tertiary/aromatic N) is 3. The molecule has 2 aromatic rings. The molecule has 0 fully saturated rings. The highest BCUT2D eigenvalue weighted by Crippen LogP contribution is 2.19. The van der Waals surface area contributed by atoms with Crippen LogP contribution in [0.4, 0.5) is 5.82 Å². The number of pyridine rings is 2. The first-order chi connectivity index (χ1) is 10.1. The highest BCUT2D eigenvalue weighted by Gasteiger charge is 2.24. The van der Waals surface area contributed by atoms with E-state index in [2.05, 4.69) is 15.4 Å². The highest BCUT2D eigenvalue weighted by molar-refractivity contribution is 7.89. The highest BCUT2D eigenvalue weighted by atomic mass is 32.2. The molecule has 21 heavy (non-hydrogen) atoms. The van der Waals surface area contributed by atoms with Gasteiger partial charge in [0.15, 0.2) is 0 Å². The quantitative estimate of drug-likeness (QED) is 0.609. The monoisotopic (exact) mass is 307 g/mol. The van der Waals surface area contributed by atoms with E-state index in [0.29, 0.717) is 18.1 Å². The molecule has 2 aromatic heterocycles. The van der Waals surface area contributed by atoms with Gasteiger partial charge in [0.2, 0.25) is 10.0 Å². The Kier molecular flexibility index (Phi) is 4.84. The van der Waals surface area contributed by atoms with E-state index in [1.807, 2.05) is 6.07 Å². The molecule has 0 aliphatic rings. The van der Waals surface area contributed by atoms with Gasteiger partial charge >= 0.3 is 0 Å². The normalized spacial score (nSPS) is 11.6. The van der Waals surface area contributed by atoms with Crippen LogP contribution in [0.5, 0.6) is 0 Å². The van der Waals surface area contributed by atoms with Crippen molar-refractivity contribution >= 4 is 15.8 Å². The lowest BCUT2D eigenvalue weighted by molar-refractivity contribution is 0.419. The molecule has 0 aliphatic carbocycles. The Balaban J connectivity index is 2.31. The molecule has 0 spiro atoms. The minimum absolute atomic E-state index is 0.142. The summed E-state index contributed by atoms with van der Waals surface area (Å²) in [4.78, 5) is 8.21. The summed E-state index contributed by atoms with van der Waals surface area (Å²) in [5.74, 6) is 5.56. The van der Waals surface area contributed by atoms with Gasteiger partial charge in [-0.05, 0) is 18.2 Å². The fourth-order valence-corrected chi connectivity index (χ4v) is 3.27. The summed E-state index contributed by atoms with van der Waals surface area (Å²) in [5.41, 5.74) is 3.03. The van der Waals surface area contributed by atoms with E-state index in [0.717, 1.165) is 0 Å². The van der Waals surface area contributed by atoms with Crippen LogP contribution >= 0.6 is 0 Å². The van der Waals surface area contributed by atoms with Crippen LogP contribution in [0.15, 0.2) is 47.6 Å². The predicted molar refractivity (Wildman–Crippen MR) is 79.6 cm³/mol. The first-order valence-electron chi connectivity index (χ1n) is 6.40. The summed E-state index contributed by atoms with van der Waals surface area (Å²) in [7, 11) is -3.62. The third-order valence-corrected chi connectivity index (χ3v) is 4.85. The molecule has 7 nitrogen and oxygen atoms in total. The van der Waals surface area contributed by atoms with Gasteiger partial charge in [0.05, 0.1) is 17.1 Å². The van der Waals surface area contributed by atoms with Crippen LogP contribution in [0.3, 0.4) is 0 Å². The lowest BCUT2D eigenvalue weighted by Gasteiger charge is -2.20. The fourth-order valence-electron chi connectivity index (χ4n) is 1.84. The third-order valence-electron chi connectivity index (χ3n) is 2.93. The average molecular weight is 307 g/mol. The molecule has 2 heterocycles. The van der Waals surface area contributed by atoms with Gasteiger partial charge in [-0.15, -0.1) is 0 Å². The molecule has 112 valence electrons. The maximum absolute atomic E-state index is 12.6. The molecule has 0 atom stereocenters. The predicted octanol–water partition coefficient (Wildman–Crippen LogP) is 0.973. The maximum Gasteiger partial charge on any atom is 0.243 e. The van der Waals surface area contributed by atoms with Crippen molar-refractivity contribution in [3.05, 3.63) is 48.4 Å². The largest absolute Gasteiger partial charge is 0.308 e. The summed E-state index contributed by atoms with van der Waals surface area (Å²) < 4.78 is 26.6. The Morgan fingerprint density at radius 1 is 1.24 bits per heavy atom. The van der Waals surface area contributed by atoms with Crippen molar-refractivity contribution in [1.29, 1.82) is 0 Å². The van der Waals surface area contributed by atoms with Gasteiger partial charge in [0, 0.05) is 25.0 Å². The van der Waals surface area contributed by atoms with E-state index in [-0.39, 0.29) is 11.4 Å². The lowest BCUT2D eigenvalue weighted by Crippen LogP contribution is -2.31. The van der Waals surface area contributed by atoms with Crippen LogP contribution in [0.25, 0.3) is 0 Å². The van der Waals surface area contributed by atoms with Crippen LogP contribution in [-0.4, -0.2) is 29.2 Å². The van der Waals surface area contributed by atoms with E-state index >= 15 is 0 Å². The van der Waals surface area contributed by atoms with E-state index < -0.39 is 10.0 Å². The van der Waals surface area contributed by atoms with Gasteiger partial charge in [-0.3, -0.25) is 4.98 Å². The number of aromatic nitrogens is 2. The standard InChI is InChI=1S/C13H17N5O2S/c1-2-18(10-11-5-3-4-7-15-11)21(19,20)12-6-8-16-13(9-12)17-14/h3-9H,2,10,14H2,1H3,(H,16,17). The van der Waals surface area contributed by atoms with Gasteiger partial charge < -0.3 is 5.43 Å². The van der Waals surface area contributed by atoms with Crippen molar-refractivity contribution in [2.24, 2.45) is 5.84 Å². The molecule has 3 N–H and O–H groups in total. The summed E-state index contributed by atoms with van der Waals surface area (Å²) in [6.45, 7) is 2.34.